The molecule has 0 bridgehead atoms. The minimum atomic E-state index is -0.200. The predicted molar refractivity (Wildman–Crippen MR) is 117 cm³/mol. The summed E-state index contributed by atoms with van der Waals surface area (Å²) >= 11 is 1.65. The van der Waals surface area contributed by atoms with Crippen LogP contribution in [0.1, 0.15) is 44.8 Å². The molecule has 28 heavy (non-hydrogen) atoms. The summed E-state index contributed by atoms with van der Waals surface area (Å²) in [6.45, 7) is 7.86. The van der Waals surface area contributed by atoms with Gasteiger partial charge in [-0.25, -0.2) is 9.36 Å². The lowest BCUT2D eigenvalue weighted by Gasteiger charge is -2.36. The third kappa shape index (κ3) is 3.94. The van der Waals surface area contributed by atoms with Crippen molar-refractivity contribution in [2.24, 2.45) is 23.7 Å². The fourth-order valence-electron chi connectivity index (χ4n) is 4.67. The minimum Gasteiger partial charge on any atom is -0.318 e. The zero-order valence-electron chi connectivity index (χ0n) is 17.7. The van der Waals surface area contributed by atoms with Crippen molar-refractivity contribution in [2.45, 2.75) is 51.5 Å². The fourth-order valence-corrected chi connectivity index (χ4v) is 5.10. The molecule has 1 N–H and O–H groups in total. The van der Waals surface area contributed by atoms with Crippen molar-refractivity contribution < 1.29 is 4.79 Å². The Morgan fingerprint density at radius 1 is 1.29 bits per heavy atom. The first-order valence-electron chi connectivity index (χ1n) is 10.4. The van der Waals surface area contributed by atoms with Gasteiger partial charge < -0.3 is 5.32 Å². The van der Waals surface area contributed by atoms with Gasteiger partial charge in [0.05, 0.1) is 11.0 Å². The van der Waals surface area contributed by atoms with Crippen LogP contribution in [0.4, 0.5) is 0 Å². The van der Waals surface area contributed by atoms with Gasteiger partial charge in [-0.2, -0.15) is 0 Å². The molecule has 0 amide bonds. The van der Waals surface area contributed by atoms with Gasteiger partial charge in [0.1, 0.15) is 0 Å². The monoisotopic (exact) mass is 403 g/mol. The number of aromatic nitrogens is 2. The number of thioether (sulfide) groups is 1. The maximum atomic E-state index is 13.7. The van der Waals surface area contributed by atoms with E-state index in [9.17, 15) is 9.59 Å². The summed E-state index contributed by atoms with van der Waals surface area (Å²) in [5.74, 6) is 1.22. The Bertz CT molecular complexity index is 899. The number of rotatable bonds is 6. The number of benzene rings is 1. The Labute approximate surface area is 171 Å². The number of carbonyl (C=O) groups is 1. The fraction of sp³-hybridized carbons (Fsp3) is 0.636. The second-order valence-electron chi connectivity index (χ2n) is 8.50. The standard InChI is InChI=1S/C22H33N3O2S/c1-14(2)17-8-6-15(3)12-18(17)21(26)25-19-9-7-16(28-5)13-20(19)24(22(25)27)11-10-23-4/h7,9,13-15,17-18,23H,6,8,10-12H2,1-5H3/t15?,17-,18?/m0/s1. The van der Waals surface area contributed by atoms with E-state index in [1.807, 2.05) is 31.5 Å². The van der Waals surface area contributed by atoms with Gasteiger partial charge in [-0.15, -0.1) is 11.8 Å². The van der Waals surface area contributed by atoms with Gasteiger partial charge in [0.25, 0.3) is 0 Å². The summed E-state index contributed by atoms with van der Waals surface area (Å²) in [5.41, 5.74) is 1.39. The number of hydrogen-bond acceptors (Lipinski definition) is 4. The molecule has 0 radical (unpaired) electrons. The zero-order valence-corrected chi connectivity index (χ0v) is 18.5. The highest BCUT2D eigenvalue weighted by Gasteiger charge is 2.37. The van der Waals surface area contributed by atoms with Crippen molar-refractivity contribution in [3.63, 3.8) is 0 Å². The van der Waals surface area contributed by atoms with Crippen molar-refractivity contribution >= 4 is 28.7 Å². The summed E-state index contributed by atoms with van der Waals surface area (Å²) in [6, 6.07) is 5.97. The van der Waals surface area contributed by atoms with Crippen molar-refractivity contribution in [1.82, 2.24) is 14.5 Å². The molecule has 0 saturated heterocycles. The van der Waals surface area contributed by atoms with E-state index in [2.05, 4.69) is 26.1 Å². The molecule has 6 heteroatoms. The van der Waals surface area contributed by atoms with Gasteiger partial charge in [0.2, 0.25) is 5.91 Å². The molecule has 1 fully saturated rings. The lowest BCUT2D eigenvalue weighted by molar-refractivity contribution is 0.0633. The predicted octanol–water partition coefficient (Wildman–Crippen LogP) is 4.09. The summed E-state index contributed by atoms with van der Waals surface area (Å²) in [5, 5.41) is 3.11. The molecule has 5 nitrogen and oxygen atoms in total. The Morgan fingerprint density at radius 2 is 2.04 bits per heavy atom. The summed E-state index contributed by atoms with van der Waals surface area (Å²) in [7, 11) is 1.87. The molecule has 2 aromatic rings. The summed E-state index contributed by atoms with van der Waals surface area (Å²) in [4.78, 5) is 28.1. The number of hydrogen-bond donors (Lipinski definition) is 1. The minimum absolute atomic E-state index is 0.0136. The van der Waals surface area contributed by atoms with E-state index in [1.54, 1.807) is 16.3 Å². The van der Waals surface area contributed by atoms with E-state index in [0.29, 0.717) is 30.8 Å². The van der Waals surface area contributed by atoms with E-state index in [1.165, 1.54) is 11.0 Å². The smallest absolute Gasteiger partial charge is 0.318 e. The number of nitrogens with one attached hydrogen (secondary N) is 1. The number of fused-ring (bicyclic) bond motifs is 1. The SMILES string of the molecule is CNCCn1c(=O)n(C(=O)C2CC(C)CC[C@H]2C(C)C)c2ccc(SC)cc21. The van der Waals surface area contributed by atoms with Gasteiger partial charge >= 0.3 is 5.69 Å². The molecule has 1 heterocycles. The van der Waals surface area contributed by atoms with Crippen LogP contribution in [0.5, 0.6) is 0 Å². The maximum absolute atomic E-state index is 13.7. The van der Waals surface area contributed by atoms with Crippen LogP contribution in [-0.4, -0.2) is 34.9 Å². The van der Waals surface area contributed by atoms with Crippen molar-refractivity contribution in [1.29, 1.82) is 0 Å². The van der Waals surface area contributed by atoms with Gasteiger partial charge in [-0.05, 0) is 62.1 Å². The Hall–Kier alpha value is -1.53. The van der Waals surface area contributed by atoms with E-state index >= 15 is 0 Å². The first kappa shape index (κ1) is 21.2. The lowest BCUT2D eigenvalue weighted by Crippen LogP contribution is -2.40. The van der Waals surface area contributed by atoms with Crippen molar-refractivity contribution in [2.75, 3.05) is 19.8 Å². The number of carbonyl (C=O) groups excluding carboxylic acids is 1. The molecule has 1 saturated carbocycles. The molecular weight excluding hydrogens is 370 g/mol. The highest BCUT2D eigenvalue weighted by Crippen LogP contribution is 2.39. The van der Waals surface area contributed by atoms with Crippen LogP contribution in [0, 0.1) is 23.7 Å². The van der Waals surface area contributed by atoms with E-state index in [4.69, 9.17) is 0 Å². The van der Waals surface area contributed by atoms with Gasteiger partial charge in [-0.3, -0.25) is 9.36 Å². The third-order valence-electron chi connectivity index (χ3n) is 6.28. The molecule has 1 aliphatic carbocycles. The van der Waals surface area contributed by atoms with Gasteiger partial charge in [0, 0.05) is 23.9 Å². The molecule has 1 aromatic heterocycles. The maximum Gasteiger partial charge on any atom is 0.336 e. The Kier molecular flexibility index (Phi) is 6.71. The summed E-state index contributed by atoms with van der Waals surface area (Å²) < 4.78 is 3.22. The second-order valence-corrected chi connectivity index (χ2v) is 9.38. The largest absolute Gasteiger partial charge is 0.336 e. The molecule has 0 spiro atoms. The molecule has 3 rings (SSSR count). The van der Waals surface area contributed by atoms with Crippen molar-refractivity contribution in [3.05, 3.63) is 28.7 Å². The van der Waals surface area contributed by atoms with Crippen LogP contribution in [0.2, 0.25) is 0 Å². The van der Waals surface area contributed by atoms with E-state index in [-0.39, 0.29) is 17.5 Å². The van der Waals surface area contributed by atoms with Crippen LogP contribution in [0.15, 0.2) is 27.9 Å². The quantitative estimate of drug-likeness (QED) is 0.738. The van der Waals surface area contributed by atoms with Gasteiger partial charge in [0.15, 0.2) is 0 Å². The number of imidazole rings is 1. The van der Waals surface area contributed by atoms with E-state index < -0.39 is 0 Å². The molecule has 2 unspecified atom stereocenters. The second kappa shape index (κ2) is 8.87. The zero-order chi connectivity index (χ0) is 20.4. The number of nitrogens with zero attached hydrogens (tertiary/aromatic N) is 2. The average molecular weight is 404 g/mol. The average Bonchev–Trinajstić information content (AvgIpc) is 2.95. The molecule has 154 valence electrons. The molecule has 3 atom stereocenters. The normalized spacial score (nSPS) is 22.9. The summed E-state index contributed by atoms with van der Waals surface area (Å²) in [6.07, 6.45) is 5.14. The highest BCUT2D eigenvalue weighted by atomic mass is 32.2. The molecule has 0 aliphatic heterocycles. The Morgan fingerprint density at radius 3 is 2.68 bits per heavy atom. The topological polar surface area (TPSA) is 56.0 Å². The first-order chi connectivity index (χ1) is 13.4. The van der Waals surface area contributed by atoms with Crippen LogP contribution >= 0.6 is 11.8 Å². The molecular formula is C22H33N3O2S. The Balaban J connectivity index is 2.12. The highest BCUT2D eigenvalue weighted by molar-refractivity contribution is 7.98. The molecule has 1 aliphatic rings. The van der Waals surface area contributed by atoms with Crippen LogP contribution in [-0.2, 0) is 6.54 Å². The number of likely N-dealkylation sites (N-methyl/N-ethyl adjacent to an activating group) is 1. The lowest BCUT2D eigenvalue weighted by atomic mass is 9.69. The first-order valence-corrected chi connectivity index (χ1v) is 11.6. The van der Waals surface area contributed by atoms with Crippen molar-refractivity contribution in [3.8, 4) is 0 Å². The van der Waals surface area contributed by atoms with Crippen LogP contribution in [0.3, 0.4) is 0 Å². The third-order valence-corrected chi connectivity index (χ3v) is 7.01. The van der Waals surface area contributed by atoms with Gasteiger partial charge in [-0.1, -0.05) is 27.2 Å². The van der Waals surface area contributed by atoms with Crippen LogP contribution in [0.25, 0.3) is 11.0 Å². The van der Waals surface area contributed by atoms with E-state index in [0.717, 1.165) is 28.8 Å². The molecule has 1 aromatic carbocycles. The van der Waals surface area contributed by atoms with Crippen LogP contribution < -0.4 is 11.0 Å².